The van der Waals surface area contributed by atoms with E-state index in [1.54, 1.807) is 0 Å². The zero-order chi connectivity index (χ0) is 8.85. The average molecular weight is 156 g/mol. The monoisotopic (exact) mass is 156 g/mol. The second-order valence-electron chi connectivity index (χ2n) is 2.89. The molecule has 0 aliphatic heterocycles. The van der Waals surface area contributed by atoms with Gasteiger partial charge in [-0.3, -0.25) is 0 Å². The van der Waals surface area contributed by atoms with E-state index in [0.29, 0.717) is 12.0 Å². The maximum absolute atomic E-state index is 10.6. The molecule has 0 spiro atoms. The Balaban J connectivity index is 4.14. The first kappa shape index (κ1) is 10.2. The van der Waals surface area contributed by atoms with Crippen molar-refractivity contribution in [1.29, 1.82) is 0 Å². The molecule has 0 rings (SSSR count). The molecule has 0 fully saturated rings. The van der Waals surface area contributed by atoms with Crippen LogP contribution in [0.2, 0.25) is 0 Å². The second-order valence-corrected chi connectivity index (χ2v) is 2.89. The smallest absolute Gasteiger partial charge is 0.331 e. The van der Waals surface area contributed by atoms with Gasteiger partial charge in [0.1, 0.15) is 0 Å². The van der Waals surface area contributed by atoms with Crippen LogP contribution in [0.5, 0.6) is 0 Å². The molecule has 0 saturated heterocycles. The summed E-state index contributed by atoms with van der Waals surface area (Å²) in [6, 6.07) is 0. The van der Waals surface area contributed by atoms with Crippen LogP contribution in [0.1, 0.15) is 40.0 Å². The molecule has 2 nitrogen and oxygen atoms in total. The zero-order valence-corrected chi connectivity index (χ0v) is 7.48. The number of carboxylic acids is 1. The molecule has 0 aromatic carbocycles. The van der Waals surface area contributed by atoms with Gasteiger partial charge in [0.2, 0.25) is 0 Å². The third kappa shape index (κ3) is 3.81. The summed E-state index contributed by atoms with van der Waals surface area (Å²) < 4.78 is 0. The highest BCUT2D eigenvalue weighted by Gasteiger charge is 2.07. The van der Waals surface area contributed by atoms with Gasteiger partial charge in [-0.05, 0) is 26.7 Å². The minimum absolute atomic E-state index is 0.576. The minimum Gasteiger partial charge on any atom is -0.478 e. The largest absolute Gasteiger partial charge is 0.478 e. The van der Waals surface area contributed by atoms with E-state index >= 15 is 0 Å². The summed E-state index contributed by atoms with van der Waals surface area (Å²) in [5.74, 6) is -0.765. The first-order chi connectivity index (χ1) is 5.09. The van der Waals surface area contributed by atoms with Crippen LogP contribution in [0, 0.1) is 0 Å². The summed E-state index contributed by atoms with van der Waals surface area (Å²) in [5.41, 5.74) is 1.50. The van der Waals surface area contributed by atoms with Crippen LogP contribution in [-0.2, 0) is 4.79 Å². The third-order valence-corrected chi connectivity index (χ3v) is 1.64. The Morgan fingerprint density at radius 2 is 1.91 bits per heavy atom. The maximum Gasteiger partial charge on any atom is 0.331 e. The summed E-state index contributed by atoms with van der Waals surface area (Å²) in [7, 11) is 0. The second kappa shape index (κ2) is 4.94. The van der Waals surface area contributed by atoms with Gasteiger partial charge in [0.25, 0.3) is 0 Å². The van der Waals surface area contributed by atoms with Gasteiger partial charge in [-0.15, -0.1) is 0 Å². The highest BCUT2D eigenvalue weighted by Crippen LogP contribution is 2.11. The van der Waals surface area contributed by atoms with Crippen LogP contribution in [0.25, 0.3) is 0 Å². The highest BCUT2D eigenvalue weighted by atomic mass is 16.4. The maximum atomic E-state index is 10.6. The minimum atomic E-state index is -0.765. The molecule has 0 aromatic heterocycles. The molecule has 0 heterocycles. The summed E-state index contributed by atoms with van der Waals surface area (Å²) in [6.07, 6.45) is 2.71. The highest BCUT2D eigenvalue weighted by molar-refractivity contribution is 5.87. The Hall–Kier alpha value is -0.790. The molecular weight excluding hydrogens is 140 g/mol. The van der Waals surface area contributed by atoms with E-state index < -0.39 is 5.97 Å². The van der Waals surface area contributed by atoms with E-state index in [1.165, 1.54) is 0 Å². The average Bonchev–Trinajstić information content (AvgIpc) is 1.87. The number of carbonyl (C=O) groups is 1. The topological polar surface area (TPSA) is 37.3 Å². The lowest BCUT2D eigenvalue weighted by Gasteiger charge is -2.02. The van der Waals surface area contributed by atoms with Gasteiger partial charge < -0.3 is 5.11 Å². The number of allylic oxidation sites excluding steroid dienone is 1. The predicted molar refractivity (Wildman–Crippen MR) is 45.5 cm³/mol. The molecule has 0 amide bonds. The van der Waals surface area contributed by atoms with E-state index in [4.69, 9.17) is 5.11 Å². The van der Waals surface area contributed by atoms with Crippen molar-refractivity contribution in [2.75, 3.05) is 0 Å². The molecule has 0 aliphatic rings. The lowest BCUT2D eigenvalue weighted by molar-refractivity contribution is -0.132. The van der Waals surface area contributed by atoms with Crippen molar-refractivity contribution in [3.63, 3.8) is 0 Å². The lowest BCUT2D eigenvalue weighted by Crippen LogP contribution is -2.02. The molecule has 64 valence electrons. The van der Waals surface area contributed by atoms with Gasteiger partial charge in [0.05, 0.1) is 0 Å². The number of aliphatic carboxylic acids is 1. The number of carboxylic acid groups (broad SMARTS) is 1. The normalized spacial score (nSPS) is 9.36. The molecule has 0 saturated carbocycles. The number of hydrogen-bond donors (Lipinski definition) is 1. The Morgan fingerprint density at radius 1 is 1.36 bits per heavy atom. The van der Waals surface area contributed by atoms with Crippen molar-refractivity contribution >= 4 is 5.97 Å². The first-order valence-corrected chi connectivity index (χ1v) is 3.99. The quantitative estimate of drug-likeness (QED) is 0.635. The van der Waals surface area contributed by atoms with Crippen LogP contribution in [0.3, 0.4) is 0 Å². The Morgan fingerprint density at radius 3 is 2.18 bits per heavy atom. The van der Waals surface area contributed by atoms with E-state index in [9.17, 15) is 4.79 Å². The first-order valence-electron chi connectivity index (χ1n) is 3.99. The molecule has 0 unspecified atom stereocenters. The van der Waals surface area contributed by atoms with Crippen LogP contribution in [0.4, 0.5) is 0 Å². The van der Waals surface area contributed by atoms with Crippen molar-refractivity contribution in [3.8, 4) is 0 Å². The number of unbranched alkanes of at least 4 members (excludes halogenated alkanes) is 1. The summed E-state index contributed by atoms with van der Waals surface area (Å²) in [4.78, 5) is 10.6. The summed E-state index contributed by atoms with van der Waals surface area (Å²) >= 11 is 0. The Kier molecular flexibility index (Phi) is 4.59. The van der Waals surface area contributed by atoms with E-state index in [0.717, 1.165) is 18.4 Å². The number of hydrogen-bond acceptors (Lipinski definition) is 1. The zero-order valence-electron chi connectivity index (χ0n) is 7.48. The Bertz CT molecular complexity index is 164. The van der Waals surface area contributed by atoms with Crippen LogP contribution < -0.4 is 0 Å². The lowest BCUT2D eigenvalue weighted by atomic mass is 10.0. The summed E-state index contributed by atoms with van der Waals surface area (Å²) in [5, 5.41) is 8.71. The Labute approximate surface area is 67.9 Å². The molecule has 11 heavy (non-hydrogen) atoms. The predicted octanol–water partition coefficient (Wildman–Crippen LogP) is 2.60. The van der Waals surface area contributed by atoms with Crippen LogP contribution >= 0.6 is 0 Å². The van der Waals surface area contributed by atoms with Gasteiger partial charge in [-0.1, -0.05) is 18.9 Å². The van der Waals surface area contributed by atoms with Crippen molar-refractivity contribution in [2.45, 2.75) is 40.0 Å². The van der Waals surface area contributed by atoms with Gasteiger partial charge in [-0.2, -0.15) is 0 Å². The molecule has 0 bridgehead atoms. The van der Waals surface area contributed by atoms with Gasteiger partial charge in [0, 0.05) is 5.57 Å². The van der Waals surface area contributed by atoms with Crippen molar-refractivity contribution < 1.29 is 9.90 Å². The number of rotatable bonds is 4. The van der Waals surface area contributed by atoms with Crippen molar-refractivity contribution in [3.05, 3.63) is 11.1 Å². The molecule has 2 heteroatoms. The molecule has 0 aromatic rings. The van der Waals surface area contributed by atoms with Gasteiger partial charge >= 0.3 is 5.97 Å². The molecular formula is C9H16O2. The molecule has 0 aliphatic carbocycles. The SMILES string of the molecule is CCCCC(C(=O)O)=C(C)C. The van der Waals surface area contributed by atoms with Crippen molar-refractivity contribution in [1.82, 2.24) is 0 Å². The fourth-order valence-electron chi connectivity index (χ4n) is 0.924. The van der Waals surface area contributed by atoms with Crippen LogP contribution in [0.15, 0.2) is 11.1 Å². The molecule has 0 atom stereocenters. The molecule has 0 radical (unpaired) electrons. The summed E-state index contributed by atoms with van der Waals surface area (Å²) in [6.45, 7) is 5.75. The van der Waals surface area contributed by atoms with E-state index in [2.05, 4.69) is 6.92 Å². The van der Waals surface area contributed by atoms with Crippen molar-refractivity contribution in [2.24, 2.45) is 0 Å². The van der Waals surface area contributed by atoms with Gasteiger partial charge in [0.15, 0.2) is 0 Å². The fraction of sp³-hybridized carbons (Fsp3) is 0.667. The van der Waals surface area contributed by atoms with Gasteiger partial charge in [-0.25, -0.2) is 4.79 Å². The van der Waals surface area contributed by atoms with Crippen LogP contribution in [-0.4, -0.2) is 11.1 Å². The van der Waals surface area contributed by atoms with E-state index in [-0.39, 0.29) is 0 Å². The molecule has 1 N–H and O–H groups in total. The van der Waals surface area contributed by atoms with E-state index in [1.807, 2.05) is 13.8 Å². The standard InChI is InChI=1S/C9H16O2/c1-4-5-6-8(7(2)3)9(10)11/h4-6H2,1-3H3,(H,10,11). The fourth-order valence-corrected chi connectivity index (χ4v) is 0.924. The third-order valence-electron chi connectivity index (χ3n) is 1.64.